The molecule has 0 radical (unpaired) electrons. The maximum atomic E-state index is 9.65. The first-order valence-electron chi connectivity index (χ1n) is 4.09. The van der Waals surface area contributed by atoms with Gasteiger partial charge in [0.25, 0.3) is 0 Å². The third-order valence-corrected chi connectivity index (χ3v) is 2.06. The fraction of sp³-hybridized carbons (Fsp3) is 0.222. The molecular formula is C9H12ClN3O. The minimum absolute atomic E-state index is 0.0453. The number of benzene rings is 1. The van der Waals surface area contributed by atoms with Gasteiger partial charge in [-0.15, -0.1) is 0 Å². The molecule has 1 unspecified atom stereocenters. The van der Waals surface area contributed by atoms with Crippen LogP contribution in [0.5, 0.6) is 0 Å². The van der Waals surface area contributed by atoms with Gasteiger partial charge in [0, 0.05) is 10.6 Å². The van der Waals surface area contributed by atoms with Crippen molar-refractivity contribution in [1.82, 2.24) is 0 Å². The Kier molecular flexibility index (Phi) is 3.73. The fourth-order valence-electron chi connectivity index (χ4n) is 1.04. The molecule has 14 heavy (non-hydrogen) atoms. The summed E-state index contributed by atoms with van der Waals surface area (Å²) in [6.07, 6.45) is -0.772. The normalized spacial score (nSPS) is 12.1. The number of guanidine groups is 1. The van der Waals surface area contributed by atoms with Gasteiger partial charge in [0.1, 0.15) is 6.10 Å². The molecular weight excluding hydrogens is 202 g/mol. The number of rotatable bonds is 3. The molecule has 0 bridgehead atoms. The molecule has 0 heterocycles. The minimum atomic E-state index is -0.772. The SMILES string of the molecule is NC(N)=NCC(O)c1ccccc1Cl. The van der Waals surface area contributed by atoms with E-state index in [2.05, 4.69) is 4.99 Å². The molecule has 0 saturated heterocycles. The summed E-state index contributed by atoms with van der Waals surface area (Å²) in [5.74, 6) is -0.0453. The van der Waals surface area contributed by atoms with Gasteiger partial charge in [0.15, 0.2) is 5.96 Å². The van der Waals surface area contributed by atoms with Crippen molar-refractivity contribution in [3.8, 4) is 0 Å². The van der Waals surface area contributed by atoms with E-state index in [4.69, 9.17) is 23.1 Å². The first kappa shape index (κ1) is 10.8. The molecule has 0 aliphatic heterocycles. The summed E-state index contributed by atoms with van der Waals surface area (Å²) in [6.45, 7) is 0.117. The van der Waals surface area contributed by atoms with Crippen molar-refractivity contribution in [3.63, 3.8) is 0 Å². The van der Waals surface area contributed by atoms with Gasteiger partial charge in [-0.1, -0.05) is 29.8 Å². The second-order valence-corrected chi connectivity index (χ2v) is 3.21. The van der Waals surface area contributed by atoms with Crippen molar-refractivity contribution in [3.05, 3.63) is 34.9 Å². The number of aliphatic imine (C=N–C) groups is 1. The lowest BCUT2D eigenvalue weighted by Crippen LogP contribution is -2.23. The lowest BCUT2D eigenvalue weighted by atomic mass is 10.1. The number of hydrogen-bond acceptors (Lipinski definition) is 2. The van der Waals surface area contributed by atoms with Crippen molar-refractivity contribution < 1.29 is 5.11 Å². The Labute approximate surface area is 87.2 Å². The van der Waals surface area contributed by atoms with Gasteiger partial charge in [0.05, 0.1) is 6.54 Å². The van der Waals surface area contributed by atoms with Crippen LogP contribution < -0.4 is 11.5 Å². The number of halogens is 1. The predicted octanol–water partition coefficient (Wildman–Crippen LogP) is 0.647. The molecule has 4 nitrogen and oxygen atoms in total. The van der Waals surface area contributed by atoms with Gasteiger partial charge in [-0.05, 0) is 6.07 Å². The molecule has 1 aromatic carbocycles. The topological polar surface area (TPSA) is 84.6 Å². The van der Waals surface area contributed by atoms with E-state index in [1.807, 2.05) is 0 Å². The Morgan fingerprint density at radius 3 is 2.64 bits per heavy atom. The monoisotopic (exact) mass is 213 g/mol. The van der Waals surface area contributed by atoms with Crippen molar-refractivity contribution in [2.45, 2.75) is 6.10 Å². The maximum absolute atomic E-state index is 9.65. The van der Waals surface area contributed by atoms with E-state index in [1.165, 1.54) is 0 Å². The van der Waals surface area contributed by atoms with Crippen LogP contribution in [0.15, 0.2) is 29.3 Å². The molecule has 0 aliphatic carbocycles. The summed E-state index contributed by atoms with van der Waals surface area (Å²) in [6, 6.07) is 7.02. The van der Waals surface area contributed by atoms with E-state index in [-0.39, 0.29) is 12.5 Å². The highest BCUT2D eigenvalue weighted by Crippen LogP contribution is 2.22. The van der Waals surface area contributed by atoms with Crippen LogP contribution in [-0.2, 0) is 0 Å². The molecule has 1 atom stereocenters. The van der Waals surface area contributed by atoms with Crippen molar-refractivity contribution in [2.75, 3.05) is 6.54 Å². The second kappa shape index (κ2) is 4.83. The Hall–Kier alpha value is -1.26. The molecule has 1 aromatic rings. The quantitative estimate of drug-likeness (QED) is 0.509. The lowest BCUT2D eigenvalue weighted by molar-refractivity contribution is 0.187. The van der Waals surface area contributed by atoms with Gasteiger partial charge in [-0.2, -0.15) is 0 Å². The number of nitrogens with two attached hydrogens (primary N) is 2. The van der Waals surface area contributed by atoms with Crippen LogP contribution in [0.2, 0.25) is 5.02 Å². The maximum Gasteiger partial charge on any atom is 0.186 e. The van der Waals surface area contributed by atoms with E-state index in [0.29, 0.717) is 10.6 Å². The van der Waals surface area contributed by atoms with Gasteiger partial charge < -0.3 is 16.6 Å². The van der Waals surface area contributed by atoms with Gasteiger partial charge in [-0.3, -0.25) is 4.99 Å². The van der Waals surface area contributed by atoms with Crippen LogP contribution in [0.3, 0.4) is 0 Å². The van der Waals surface area contributed by atoms with Crippen LogP contribution in [0.25, 0.3) is 0 Å². The Bertz CT molecular complexity index is 337. The van der Waals surface area contributed by atoms with Crippen LogP contribution in [0.1, 0.15) is 11.7 Å². The van der Waals surface area contributed by atoms with Gasteiger partial charge in [-0.25, -0.2) is 0 Å². The molecule has 5 heteroatoms. The number of hydrogen-bond donors (Lipinski definition) is 3. The zero-order valence-corrected chi connectivity index (χ0v) is 8.28. The van der Waals surface area contributed by atoms with Crippen LogP contribution in [0.4, 0.5) is 0 Å². The van der Waals surface area contributed by atoms with Crippen LogP contribution in [-0.4, -0.2) is 17.6 Å². The summed E-state index contributed by atoms with van der Waals surface area (Å²) >= 11 is 5.86. The largest absolute Gasteiger partial charge is 0.386 e. The smallest absolute Gasteiger partial charge is 0.186 e. The zero-order valence-electron chi connectivity index (χ0n) is 7.52. The highest BCUT2D eigenvalue weighted by atomic mass is 35.5. The Morgan fingerprint density at radius 1 is 1.43 bits per heavy atom. The lowest BCUT2D eigenvalue weighted by Gasteiger charge is -2.09. The van der Waals surface area contributed by atoms with Crippen molar-refractivity contribution >= 4 is 17.6 Å². The zero-order chi connectivity index (χ0) is 10.6. The number of aliphatic hydroxyl groups is 1. The molecule has 76 valence electrons. The van der Waals surface area contributed by atoms with E-state index in [0.717, 1.165) is 0 Å². The highest BCUT2D eigenvalue weighted by molar-refractivity contribution is 6.31. The average Bonchev–Trinajstić information content (AvgIpc) is 2.15. The fourth-order valence-corrected chi connectivity index (χ4v) is 1.30. The van der Waals surface area contributed by atoms with Crippen molar-refractivity contribution in [2.24, 2.45) is 16.5 Å². The van der Waals surface area contributed by atoms with E-state index in [9.17, 15) is 5.11 Å². The molecule has 1 rings (SSSR count). The molecule has 0 saturated carbocycles. The second-order valence-electron chi connectivity index (χ2n) is 2.80. The highest BCUT2D eigenvalue weighted by Gasteiger charge is 2.09. The van der Waals surface area contributed by atoms with Crippen molar-refractivity contribution in [1.29, 1.82) is 0 Å². The first-order chi connectivity index (χ1) is 6.61. The molecule has 5 N–H and O–H groups in total. The van der Waals surface area contributed by atoms with Gasteiger partial charge >= 0.3 is 0 Å². The van der Waals surface area contributed by atoms with Crippen LogP contribution >= 0.6 is 11.6 Å². The molecule has 0 amide bonds. The summed E-state index contributed by atoms with van der Waals surface area (Å²) in [4.78, 5) is 3.71. The van der Waals surface area contributed by atoms with E-state index < -0.39 is 6.10 Å². The molecule has 0 aliphatic rings. The first-order valence-corrected chi connectivity index (χ1v) is 4.47. The molecule has 0 fully saturated rings. The third kappa shape index (κ3) is 2.90. The number of nitrogens with zero attached hydrogens (tertiary/aromatic N) is 1. The van der Waals surface area contributed by atoms with Gasteiger partial charge in [0.2, 0.25) is 0 Å². The summed E-state index contributed by atoms with van der Waals surface area (Å²) in [5, 5.41) is 10.2. The summed E-state index contributed by atoms with van der Waals surface area (Å²) in [7, 11) is 0. The Balaban J connectivity index is 2.74. The standard InChI is InChI=1S/C9H12ClN3O/c10-7-4-2-1-3-6(7)8(14)5-13-9(11)12/h1-4,8,14H,5H2,(H4,11,12,13). The predicted molar refractivity (Wildman–Crippen MR) is 57.1 cm³/mol. The van der Waals surface area contributed by atoms with Crippen LogP contribution in [0, 0.1) is 0 Å². The number of aliphatic hydroxyl groups excluding tert-OH is 1. The van der Waals surface area contributed by atoms with E-state index >= 15 is 0 Å². The third-order valence-electron chi connectivity index (χ3n) is 1.71. The van der Waals surface area contributed by atoms with E-state index in [1.54, 1.807) is 24.3 Å². The molecule has 0 aromatic heterocycles. The average molecular weight is 214 g/mol. The summed E-state index contributed by atoms with van der Waals surface area (Å²) in [5.41, 5.74) is 10.9. The minimum Gasteiger partial charge on any atom is -0.386 e. The molecule has 0 spiro atoms. The Morgan fingerprint density at radius 2 is 2.07 bits per heavy atom. The summed E-state index contributed by atoms with van der Waals surface area (Å²) < 4.78 is 0.